The van der Waals surface area contributed by atoms with Crippen molar-refractivity contribution in [1.29, 1.82) is 0 Å². The van der Waals surface area contributed by atoms with Gasteiger partial charge in [0, 0.05) is 17.6 Å². The Kier molecular flexibility index (Phi) is 8.90. The largest absolute Gasteiger partial charge is 0.497 e. The first kappa shape index (κ1) is 26.3. The first-order chi connectivity index (χ1) is 16.7. The van der Waals surface area contributed by atoms with Crippen LogP contribution in [0.4, 0.5) is 0 Å². The van der Waals surface area contributed by atoms with Crippen molar-refractivity contribution in [1.82, 2.24) is 4.98 Å². The fourth-order valence-corrected chi connectivity index (χ4v) is 3.57. The van der Waals surface area contributed by atoms with E-state index < -0.39 is 11.0 Å². The normalized spacial score (nSPS) is 11.5. The molecule has 3 rings (SSSR count). The van der Waals surface area contributed by atoms with Gasteiger partial charge in [0.1, 0.15) is 11.3 Å². The molecule has 0 fully saturated rings. The fourth-order valence-electron chi connectivity index (χ4n) is 3.57. The second-order valence-electron chi connectivity index (χ2n) is 9.32. The molecule has 0 N–H and O–H groups in total. The van der Waals surface area contributed by atoms with E-state index in [-0.39, 0.29) is 5.97 Å². The number of unbranched alkanes of at least 4 members (excludes halogenated alkanes) is 3. The molecule has 0 saturated carbocycles. The zero-order chi connectivity index (χ0) is 25.4. The van der Waals surface area contributed by atoms with Gasteiger partial charge in [-0.1, -0.05) is 13.0 Å². The quantitative estimate of drug-likeness (QED) is 0.228. The van der Waals surface area contributed by atoms with Crippen molar-refractivity contribution in [2.75, 3.05) is 20.3 Å². The summed E-state index contributed by atoms with van der Waals surface area (Å²) in [4.78, 5) is 29.0. The number of rotatable bonds is 12. The van der Waals surface area contributed by atoms with Gasteiger partial charge < -0.3 is 18.6 Å². The van der Waals surface area contributed by atoms with Crippen LogP contribution in [0.15, 0.2) is 45.7 Å². The lowest BCUT2D eigenvalue weighted by atomic mass is 9.91. The molecule has 188 valence electrons. The average molecular weight is 482 g/mol. The van der Waals surface area contributed by atoms with Crippen molar-refractivity contribution in [2.45, 2.75) is 59.8 Å². The van der Waals surface area contributed by atoms with Gasteiger partial charge in [-0.25, -0.2) is 9.78 Å². The third-order valence-corrected chi connectivity index (χ3v) is 6.27. The van der Waals surface area contributed by atoms with Crippen LogP contribution in [0.5, 0.6) is 11.6 Å². The van der Waals surface area contributed by atoms with Gasteiger partial charge in [-0.15, -0.1) is 0 Å². The van der Waals surface area contributed by atoms with Crippen LogP contribution in [0.3, 0.4) is 0 Å². The van der Waals surface area contributed by atoms with E-state index in [2.05, 4.69) is 4.98 Å². The van der Waals surface area contributed by atoms with Crippen LogP contribution in [0.25, 0.3) is 22.1 Å². The molecule has 0 aliphatic rings. The highest BCUT2D eigenvalue weighted by Gasteiger charge is 2.26. The molecule has 0 aliphatic carbocycles. The molecule has 0 amide bonds. The van der Waals surface area contributed by atoms with Gasteiger partial charge >= 0.3 is 11.6 Å². The summed E-state index contributed by atoms with van der Waals surface area (Å²) >= 11 is 0. The standard InChI is InChI=1S/C28H35NO6/c1-6-28(3,4)27(31)34-14-10-8-7-9-13-33-25-17-24-20(18-29-25)16-23(26(30)35-24)22-12-11-21(32-5)15-19(22)2/h11-12,15-18H,6-10,13-14H2,1-5H3. The number of aromatic nitrogens is 1. The van der Waals surface area contributed by atoms with E-state index in [1.165, 1.54) is 0 Å². The predicted octanol–water partition coefficient (Wildman–Crippen LogP) is 6.09. The van der Waals surface area contributed by atoms with E-state index in [4.69, 9.17) is 18.6 Å². The molecule has 1 aromatic carbocycles. The molecular weight excluding hydrogens is 446 g/mol. The van der Waals surface area contributed by atoms with Crippen molar-refractivity contribution in [3.63, 3.8) is 0 Å². The zero-order valence-corrected chi connectivity index (χ0v) is 21.3. The van der Waals surface area contributed by atoms with E-state index in [9.17, 15) is 9.59 Å². The molecule has 0 spiro atoms. The molecule has 0 aliphatic heterocycles. The number of hydrogen-bond donors (Lipinski definition) is 0. The molecule has 7 heteroatoms. The van der Waals surface area contributed by atoms with Crippen LogP contribution in [-0.2, 0) is 9.53 Å². The van der Waals surface area contributed by atoms with E-state index in [1.54, 1.807) is 25.4 Å². The van der Waals surface area contributed by atoms with Crippen LogP contribution in [0.1, 0.15) is 58.4 Å². The van der Waals surface area contributed by atoms with Crippen LogP contribution in [0.2, 0.25) is 0 Å². The van der Waals surface area contributed by atoms with E-state index in [0.29, 0.717) is 30.2 Å². The van der Waals surface area contributed by atoms with E-state index in [0.717, 1.165) is 54.4 Å². The number of nitrogens with zero attached hydrogens (tertiary/aromatic N) is 1. The van der Waals surface area contributed by atoms with Crippen molar-refractivity contribution in [3.8, 4) is 22.8 Å². The number of carbonyl (C=O) groups excluding carboxylic acids is 1. The molecule has 7 nitrogen and oxygen atoms in total. The zero-order valence-electron chi connectivity index (χ0n) is 21.3. The highest BCUT2D eigenvalue weighted by atomic mass is 16.5. The molecule has 2 heterocycles. The summed E-state index contributed by atoms with van der Waals surface area (Å²) < 4.78 is 21.9. The number of hydrogen-bond acceptors (Lipinski definition) is 7. The summed E-state index contributed by atoms with van der Waals surface area (Å²) in [5.41, 5.74) is 1.81. The van der Waals surface area contributed by atoms with Gasteiger partial charge in [-0.3, -0.25) is 4.79 Å². The number of carbonyl (C=O) groups is 1. The number of fused-ring (bicyclic) bond motifs is 1. The maximum atomic E-state index is 12.7. The predicted molar refractivity (Wildman–Crippen MR) is 136 cm³/mol. The number of esters is 1. The molecule has 0 atom stereocenters. The van der Waals surface area contributed by atoms with E-state index in [1.807, 2.05) is 45.9 Å². The lowest BCUT2D eigenvalue weighted by Crippen LogP contribution is -2.26. The van der Waals surface area contributed by atoms with Gasteiger partial charge in [-0.05, 0) is 82.2 Å². The van der Waals surface area contributed by atoms with Crippen molar-refractivity contribution in [2.24, 2.45) is 5.41 Å². The summed E-state index contributed by atoms with van der Waals surface area (Å²) in [6.45, 7) is 8.68. The summed E-state index contributed by atoms with van der Waals surface area (Å²) in [6.07, 6.45) is 6.02. The Labute approximate surface area is 206 Å². The Morgan fingerprint density at radius 1 is 1.03 bits per heavy atom. The number of ether oxygens (including phenoxy) is 3. The smallest absolute Gasteiger partial charge is 0.344 e. The molecule has 0 radical (unpaired) electrons. The minimum Gasteiger partial charge on any atom is -0.497 e. The van der Waals surface area contributed by atoms with E-state index >= 15 is 0 Å². The Morgan fingerprint density at radius 2 is 1.77 bits per heavy atom. The maximum Gasteiger partial charge on any atom is 0.344 e. The highest BCUT2D eigenvalue weighted by Crippen LogP contribution is 2.28. The van der Waals surface area contributed by atoms with Gasteiger partial charge in [0.15, 0.2) is 0 Å². The molecule has 2 aromatic heterocycles. The van der Waals surface area contributed by atoms with Crippen molar-refractivity contribution < 1.29 is 23.4 Å². The molecule has 0 bridgehead atoms. The summed E-state index contributed by atoms with van der Waals surface area (Å²) in [7, 11) is 1.61. The summed E-state index contributed by atoms with van der Waals surface area (Å²) in [5.74, 6) is 1.02. The van der Waals surface area contributed by atoms with Crippen LogP contribution in [0, 0.1) is 12.3 Å². The first-order valence-corrected chi connectivity index (χ1v) is 12.1. The molecule has 35 heavy (non-hydrogen) atoms. The highest BCUT2D eigenvalue weighted by molar-refractivity contribution is 5.82. The van der Waals surface area contributed by atoms with Crippen molar-refractivity contribution in [3.05, 3.63) is 52.5 Å². The Hall–Kier alpha value is -3.35. The van der Waals surface area contributed by atoms with Crippen LogP contribution in [-0.4, -0.2) is 31.3 Å². The Morgan fingerprint density at radius 3 is 2.46 bits per heavy atom. The number of pyridine rings is 1. The third kappa shape index (κ3) is 6.84. The number of methoxy groups -OCH3 is 1. The maximum absolute atomic E-state index is 12.7. The van der Waals surface area contributed by atoms with Crippen molar-refractivity contribution >= 4 is 16.9 Å². The number of benzene rings is 1. The Bertz CT molecular complexity index is 1210. The van der Waals surface area contributed by atoms with Gasteiger partial charge in [0.25, 0.3) is 0 Å². The topological polar surface area (TPSA) is 87.9 Å². The molecule has 3 aromatic rings. The third-order valence-electron chi connectivity index (χ3n) is 6.27. The average Bonchev–Trinajstić information content (AvgIpc) is 2.85. The van der Waals surface area contributed by atoms with Crippen LogP contribution < -0.4 is 15.1 Å². The molecular formula is C28H35NO6. The van der Waals surface area contributed by atoms with Gasteiger partial charge in [-0.2, -0.15) is 0 Å². The first-order valence-electron chi connectivity index (χ1n) is 12.1. The monoisotopic (exact) mass is 481 g/mol. The SMILES string of the molecule is CCC(C)(C)C(=O)OCCCCCCOc1cc2oc(=O)c(-c3ccc(OC)cc3C)cc2cn1. The second-order valence-corrected chi connectivity index (χ2v) is 9.32. The Balaban J connectivity index is 1.49. The minimum atomic E-state index is -0.421. The number of aryl methyl sites for hydroxylation is 1. The summed E-state index contributed by atoms with van der Waals surface area (Å²) in [6, 6.07) is 9.00. The molecule has 0 saturated heterocycles. The summed E-state index contributed by atoms with van der Waals surface area (Å²) in [5, 5.41) is 0.725. The van der Waals surface area contributed by atoms with Gasteiger partial charge in [0.2, 0.25) is 5.88 Å². The van der Waals surface area contributed by atoms with Gasteiger partial charge in [0.05, 0.1) is 31.3 Å². The lowest BCUT2D eigenvalue weighted by molar-refractivity contribution is -0.154. The second kappa shape index (κ2) is 11.9. The minimum absolute atomic E-state index is 0.136. The van der Waals surface area contributed by atoms with Crippen LogP contribution >= 0.6 is 0 Å². The fraction of sp³-hybridized carbons (Fsp3) is 0.464. The lowest BCUT2D eigenvalue weighted by Gasteiger charge is -2.20. The molecule has 0 unspecified atom stereocenters.